The van der Waals surface area contributed by atoms with Crippen LogP contribution in [0.25, 0.3) is 31.8 Å². The topological polar surface area (TPSA) is 150 Å². The highest BCUT2D eigenvalue weighted by Crippen LogP contribution is 2.53. The molecule has 6 heterocycles. The number of hydrogen-bond donors (Lipinski definition) is 0. The molecule has 4 bridgehead atoms. The van der Waals surface area contributed by atoms with Gasteiger partial charge in [0.05, 0.1) is 99.9 Å². The number of thiophene rings is 1. The first-order chi connectivity index (χ1) is 38.1. The van der Waals surface area contributed by atoms with Gasteiger partial charge in [-0.05, 0) is 105 Å². The summed E-state index contributed by atoms with van der Waals surface area (Å²) in [6.07, 6.45) is 7.24. The molecule has 2 fully saturated rings. The minimum absolute atomic E-state index is 0.174. The van der Waals surface area contributed by atoms with Gasteiger partial charge in [-0.1, -0.05) is 35.3 Å². The molecule has 0 N–H and O–H groups in total. The molecule has 0 amide bonds. The van der Waals surface area contributed by atoms with Crippen molar-refractivity contribution in [2.24, 2.45) is 0 Å². The van der Waals surface area contributed by atoms with Crippen molar-refractivity contribution in [2.45, 2.75) is 70.7 Å². The molecule has 6 aromatic rings. The molecule has 4 aliphatic rings. The van der Waals surface area contributed by atoms with Crippen LogP contribution in [0, 0.1) is 19.7 Å². The quantitative estimate of drug-likeness (QED) is 0.0559. The van der Waals surface area contributed by atoms with Gasteiger partial charge in [-0.3, -0.25) is 4.90 Å². The predicted octanol–water partition coefficient (Wildman–Crippen LogP) is 10.2. The van der Waals surface area contributed by atoms with Crippen molar-refractivity contribution in [3.63, 3.8) is 0 Å². The number of methoxy groups -OCH3 is 1. The van der Waals surface area contributed by atoms with Gasteiger partial charge in [0.15, 0.2) is 5.75 Å². The van der Waals surface area contributed by atoms with Crippen LogP contribution in [0.5, 0.6) is 23.1 Å². The third-order valence-electron chi connectivity index (χ3n) is 14.3. The van der Waals surface area contributed by atoms with Gasteiger partial charge >= 0.3 is 0 Å². The Bertz CT molecular complexity index is 2840. The van der Waals surface area contributed by atoms with Gasteiger partial charge in [-0.2, -0.15) is 0 Å². The normalized spacial score (nSPS) is 18.4. The van der Waals surface area contributed by atoms with E-state index < -0.39 is 6.10 Å². The van der Waals surface area contributed by atoms with Crippen LogP contribution in [0.15, 0.2) is 61.1 Å². The second-order valence-electron chi connectivity index (χ2n) is 19.8. The van der Waals surface area contributed by atoms with E-state index in [1.54, 1.807) is 19.2 Å². The maximum atomic E-state index is 14.4. The number of likely N-dealkylation sites (N-methyl/N-ethyl adjacent to an activating group) is 1. The fraction of sp³-hybridized carbons (Fsp3) is 0.517. The molecule has 420 valence electrons. The standard InChI is InChI=1S/C58H71Cl2FN6O10S/c1-38-49-39(2)53(60)54(52(38)59)77-47(34-67-20-18-66(3)19-21-67)36-75-46-13-14-48(42(33-46)16-22-74-57-51-50(49)55(78-58(51)64-37-63-57)40-5-9-43(61)10-6-40)76-35-44-15-17-62-56(65-44)41-7-11-45(12-8-41)73-32-31-72-30-29-71-28-27-70-26-25-69-24-23-68-4/h5-6,9-10,13-15,17,33,37,41,45,47H,7-8,11-12,16,18-32,34-36H2,1-4H3/t41?,45?,47-/m1/s1. The Morgan fingerprint density at radius 2 is 1.44 bits per heavy atom. The number of halogens is 3. The predicted molar refractivity (Wildman–Crippen MR) is 300 cm³/mol. The second-order valence-corrected chi connectivity index (χ2v) is 21.5. The van der Waals surface area contributed by atoms with Crippen LogP contribution in [0.4, 0.5) is 4.39 Å². The van der Waals surface area contributed by atoms with Crippen molar-refractivity contribution in [3.05, 3.63) is 105 Å². The zero-order chi connectivity index (χ0) is 54.2. The number of fused-ring (bicyclic) bond motifs is 7. The average Bonchev–Trinajstić information content (AvgIpc) is 3.84. The Morgan fingerprint density at radius 3 is 2.13 bits per heavy atom. The number of rotatable bonds is 23. The van der Waals surface area contributed by atoms with Crippen molar-refractivity contribution < 1.29 is 51.8 Å². The summed E-state index contributed by atoms with van der Waals surface area (Å²) in [7, 11) is 3.79. The van der Waals surface area contributed by atoms with Crippen molar-refractivity contribution >= 4 is 44.8 Å². The molecule has 3 aromatic heterocycles. The molecule has 1 saturated carbocycles. The van der Waals surface area contributed by atoms with Crippen LogP contribution in [0.2, 0.25) is 10.0 Å². The summed E-state index contributed by atoms with van der Waals surface area (Å²) < 4.78 is 74.5. The van der Waals surface area contributed by atoms with E-state index in [0.717, 1.165) is 102 Å². The van der Waals surface area contributed by atoms with Crippen LogP contribution in [-0.4, -0.2) is 168 Å². The third-order valence-corrected chi connectivity index (χ3v) is 16.4. The van der Waals surface area contributed by atoms with Gasteiger partial charge in [0.1, 0.15) is 53.6 Å². The molecule has 1 atom stereocenters. The van der Waals surface area contributed by atoms with Gasteiger partial charge in [0.25, 0.3) is 0 Å². The Labute approximate surface area is 470 Å². The van der Waals surface area contributed by atoms with E-state index in [1.165, 1.54) is 29.8 Å². The van der Waals surface area contributed by atoms with Crippen LogP contribution >= 0.6 is 34.5 Å². The molecule has 0 spiro atoms. The largest absolute Gasteiger partial charge is 0.490 e. The van der Waals surface area contributed by atoms with E-state index in [1.807, 2.05) is 44.3 Å². The van der Waals surface area contributed by atoms with Crippen LogP contribution in [0.3, 0.4) is 0 Å². The summed E-state index contributed by atoms with van der Waals surface area (Å²) in [5.41, 5.74) is 5.61. The Balaban J connectivity index is 0.864. The van der Waals surface area contributed by atoms with Crippen LogP contribution < -0.4 is 18.9 Å². The number of benzene rings is 3. The van der Waals surface area contributed by atoms with Crippen molar-refractivity contribution in [1.29, 1.82) is 0 Å². The lowest BCUT2D eigenvalue weighted by Crippen LogP contribution is -2.49. The summed E-state index contributed by atoms with van der Waals surface area (Å²) in [5.74, 6) is 2.83. The lowest BCUT2D eigenvalue weighted by Gasteiger charge is -2.35. The molecule has 1 saturated heterocycles. The van der Waals surface area contributed by atoms with E-state index in [0.29, 0.717) is 122 Å². The van der Waals surface area contributed by atoms with Crippen molar-refractivity contribution in [1.82, 2.24) is 29.7 Å². The van der Waals surface area contributed by atoms with Gasteiger partial charge in [0, 0.05) is 74.4 Å². The summed E-state index contributed by atoms with van der Waals surface area (Å²) in [4.78, 5) is 25.4. The summed E-state index contributed by atoms with van der Waals surface area (Å²) >= 11 is 16.2. The molecule has 20 heteroatoms. The maximum Gasteiger partial charge on any atom is 0.226 e. The van der Waals surface area contributed by atoms with Gasteiger partial charge in [-0.25, -0.2) is 24.3 Å². The smallest absolute Gasteiger partial charge is 0.226 e. The highest BCUT2D eigenvalue weighted by molar-refractivity contribution is 7.22. The first-order valence-corrected chi connectivity index (χ1v) is 28.5. The summed E-state index contributed by atoms with van der Waals surface area (Å²) in [5, 5.41) is 1.49. The van der Waals surface area contributed by atoms with E-state index >= 15 is 0 Å². The number of piperazine rings is 1. The average molecular weight is 1130 g/mol. The monoisotopic (exact) mass is 1130 g/mol. The molecular formula is C58H71Cl2FN6O10S. The molecule has 1 aliphatic carbocycles. The van der Waals surface area contributed by atoms with E-state index in [-0.39, 0.29) is 37.7 Å². The van der Waals surface area contributed by atoms with E-state index in [9.17, 15) is 4.39 Å². The molecule has 0 radical (unpaired) electrons. The fourth-order valence-corrected chi connectivity index (χ4v) is 11.7. The number of aromatic nitrogens is 4. The lowest BCUT2D eigenvalue weighted by molar-refractivity contribution is -0.0316. The van der Waals surface area contributed by atoms with Crippen LogP contribution in [-0.2, 0) is 41.4 Å². The third kappa shape index (κ3) is 15.3. The van der Waals surface area contributed by atoms with Gasteiger partial charge in [-0.15, -0.1) is 11.3 Å². The number of hydrogen-bond acceptors (Lipinski definition) is 17. The van der Waals surface area contributed by atoms with Gasteiger partial charge < -0.3 is 52.3 Å². The van der Waals surface area contributed by atoms with E-state index in [2.05, 4.69) is 16.8 Å². The highest BCUT2D eigenvalue weighted by Gasteiger charge is 2.31. The molecule has 16 nitrogen and oxygen atoms in total. The molecule has 3 aliphatic heterocycles. The fourth-order valence-electron chi connectivity index (χ4n) is 10.0. The Kier molecular flexibility index (Phi) is 21.5. The Morgan fingerprint density at radius 1 is 0.756 bits per heavy atom. The first-order valence-electron chi connectivity index (χ1n) is 27.0. The summed E-state index contributed by atoms with van der Waals surface area (Å²) in [6.45, 7) is 14.2. The lowest BCUT2D eigenvalue weighted by atomic mass is 9.87. The summed E-state index contributed by atoms with van der Waals surface area (Å²) in [6, 6.07) is 14.2. The van der Waals surface area contributed by atoms with E-state index in [4.69, 9.17) is 90.5 Å². The van der Waals surface area contributed by atoms with Gasteiger partial charge in [0.2, 0.25) is 5.88 Å². The minimum Gasteiger partial charge on any atom is -0.490 e. The maximum absolute atomic E-state index is 14.4. The SMILES string of the molecule is COCCOCCOCCOCCOCCOC1CCC(c2nccc(COc3ccc4cc3CCOc3ncnc5sc(-c6ccc(F)cc6)c(c35)-c3c(C)c(Cl)c(c(Cl)c3C)O[C@H](CN3CCN(C)CC3)CO4)n2)CC1. The zero-order valence-electron chi connectivity index (χ0n) is 45.1. The molecular weight excluding hydrogens is 1060 g/mol. The van der Waals surface area contributed by atoms with Crippen molar-refractivity contribution in [3.8, 4) is 44.7 Å². The Hall–Kier alpha value is -4.83. The number of ether oxygens (including phenoxy) is 10. The minimum atomic E-state index is -0.436. The van der Waals surface area contributed by atoms with Crippen molar-refractivity contribution in [2.75, 3.05) is 126 Å². The first kappa shape index (κ1) is 57.8. The molecule has 10 rings (SSSR count). The molecule has 3 aromatic carbocycles. The zero-order valence-corrected chi connectivity index (χ0v) is 47.4. The highest BCUT2D eigenvalue weighted by atomic mass is 35.5. The molecule has 78 heavy (non-hydrogen) atoms. The molecule has 0 unspecified atom stereocenters. The second kappa shape index (κ2) is 29.1. The number of nitrogens with zero attached hydrogens (tertiary/aromatic N) is 6. The van der Waals surface area contributed by atoms with Crippen LogP contribution in [0.1, 0.15) is 59.8 Å².